The summed E-state index contributed by atoms with van der Waals surface area (Å²) in [6.45, 7) is -5.89. The predicted octanol–water partition coefficient (Wildman–Crippen LogP) is -2.87. The largest absolute Gasteiger partial charge is 0.734 e. The molecule has 0 saturated heterocycles. The number of nitrogens with one attached hydrogen (secondary N) is 1. The van der Waals surface area contributed by atoms with Crippen LogP contribution in [-0.2, 0) is 4.74 Å². The Hall–Kier alpha value is -5.13. The molecule has 0 heterocycles. The molecule has 25 heteroatoms. The maximum absolute atomic E-state index is 11.4. The average Bonchev–Trinajstić information content (AvgIpc) is 2.60. The van der Waals surface area contributed by atoms with Crippen LogP contribution in [0.5, 0.6) is 0 Å². The zero-order valence-corrected chi connectivity index (χ0v) is 14.2. The highest BCUT2D eigenvalue weighted by molar-refractivity contribution is 5.66. The van der Waals surface area contributed by atoms with E-state index in [0.29, 0.717) is 0 Å². The van der Waals surface area contributed by atoms with Crippen LogP contribution in [-0.4, -0.2) is 77.1 Å². The summed E-state index contributed by atoms with van der Waals surface area (Å²) >= 11 is 0. The minimum atomic E-state index is -4.35. The van der Waals surface area contributed by atoms with Crippen LogP contribution in [0.25, 0.3) is 0 Å². The number of rotatable bonds is 13. The van der Waals surface area contributed by atoms with Crippen LogP contribution in [0.2, 0.25) is 0 Å². The number of amides is 1. The van der Waals surface area contributed by atoms with Crippen molar-refractivity contribution in [1.82, 2.24) is 10.3 Å². The molecule has 0 saturated carbocycles. The molecule has 25 nitrogen and oxygen atoms in total. The molecule has 0 aliphatic heterocycles. The summed E-state index contributed by atoms with van der Waals surface area (Å²) in [5.41, 5.74) is 0. The first-order valence-corrected chi connectivity index (χ1v) is 6.74. The summed E-state index contributed by atoms with van der Waals surface area (Å²) in [5, 5.41) is 74.1. The van der Waals surface area contributed by atoms with Gasteiger partial charge in [0.25, 0.3) is 0 Å². The van der Waals surface area contributed by atoms with Gasteiger partial charge in [-0.3, -0.25) is 66.0 Å². The van der Waals surface area contributed by atoms with E-state index in [0.717, 1.165) is 0 Å². The van der Waals surface area contributed by atoms with E-state index in [2.05, 4.69) is 4.74 Å². The molecule has 1 amide bonds. The van der Waals surface area contributed by atoms with E-state index in [-0.39, 0.29) is 0 Å². The number of alkyl carbamates (subject to hydrolysis) is 1. The summed E-state index contributed by atoms with van der Waals surface area (Å²) in [6.07, 6.45) is -2.03. The third kappa shape index (κ3) is 5.03. The highest BCUT2D eigenvalue weighted by atomic mass is 16.8. The summed E-state index contributed by atoms with van der Waals surface area (Å²) in [6, 6.07) is 0. The Kier molecular flexibility index (Phi) is 7.83. The summed E-state index contributed by atoms with van der Waals surface area (Å²) in [7, 11) is 0. The van der Waals surface area contributed by atoms with E-state index in [9.17, 15) is 75.6 Å². The van der Waals surface area contributed by atoms with E-state index in [1.165, 1.54) is 5.32 Å². The van der Waals surface area contributed by atoms with Gasteiger partial charge in [-0.05, 0) is 0 Å². The lowest BCUT2D eigenvalue weighted by molar-refractivity contribution is -0.973. The number of carbonyl (C=O) groups is 1. The minimum Gasteiger partial charge on any atom is -0.424 e. The molecule has 0 spiro atoms. The molecule has 0 unspecified atom stereocenters. The standard InChI is InChI=1S/C6H7N9O16/c16-4(31-2-6(12(23)24,13(25)26)14(27)28)7-3-8(15(29)30)1-5(9(17)18,10(19)20)11(21)22/h1-3H2,(H,7,16). The first-order valence-electron chi connectivity index (χ1n) is 6.74. The van der Waals surface area contributed by atoms with Gasteiger partial charge >= 0.3 is 30.8 Å². The summed E-state index contributed by atoms with van der Waals surface area (Å²) < 4.78 is 3.87. The lowest BCUT2D eigenvalue weighted by Crippen LogP contribution is -2.62. The minimum absolute atomic E-state index is 0.614. The highest BCUT2D eigenvalue weighted by Crippen LogP contribution is 2.15. The van der Waals surface area contributed by atoms with Crippen molar-refractivity contribution in [2.45, 2.75) is 11.6 Å². The normalized spacial score (nSPS) is 11.0. The third-order valence-corrected chi connectivity index (χ3v) is 3.18. The second-order valence-corrected chi connectivity index (χ2v) is 4.90. The molecule has 1 N–H and O–H groups in total. The van der Waals surface area contributed by atoms with E-state index >= 15 is 0 Å². The number of carbonyl (C=O) groups excluding carboxylic acids is 1. The first-order chi connectivity index (χ1) is 14.1. The van der Waals surface area contributed by atoms with Crippen molar-refractivity contribution in [3.8, 4) is 0 Å². The monoisotopic (exact) mass is 461 g/mol. The molecule has 31 heavy (non-hydrogen) atoms. The van der Waals surface area contributed by atoms with E-state index < -0.39 is 77.1 Å². The van der Waals surface area contributed by atoms with Crippen LogP contribution < -0.4 is 5.32 Å². The van der Waals surface area contributed by atoms with Gasteiger partial charge < -0.3 is 4.74 Å². The van der Waals surface area contributed by atoms with Gasteiger partial charge in [0.05, 0.1) is 0 Å². The molecule has 0 aliphatic rings. The molecular formula is C6H7N9O16. The van der Waals surface area contributed by atoms with Gasteiger partial charge in [-0.1, -0.05) is 5.01 Å². The Morgan fingerprint density at radius 3 is 1.35 bits per heavy atom. The van der Waals surface area contributed by atoms with Gasteiger partial charge in [-0.2, -0.15) is 0 Å². The maximum Gasteiger partial charge on any atom is 0.734 e. The van der Waals surface area contributed by atoms with Gasteiger partial charge in [0.15, 0.2) is 41.2 Å². The van der Waals surface area contributed by atoms with Crippen LogP contribution in [0.1, 0.15) is 0 Å². The van der Waals surface area contributed by atoms with Crippen molar-refractivity contribution in [1.29, 1.82) is 0 Å². The Labute approximate surface area is 164 Å². The highest BCUT2D eigenvalue weighted by Gasteiger charge is 2.73. The fourth-order valence-electron chi connectivity index (χ4n) is 1.52. The number of ether oxygens (including phenoxy) is 1. The van der Waals surface area contributed by atoms with Gasteiger partial charge in [0, 0.05) is 0 Å². The lowest BCUT2D eigenvalue weighted by atomic mass is 10.3. The van der Waals surface area contributed by atoms with Crippen LogP contribution in [0.3, 0.4) is 0 Å². The van der Waals surface area contributed by atoms with Crippen molar-refractivity contribution in [3.63, 3.8) is 0 Å². The SMILES string of the molecule is O=C(NCN(CC([N+](=O)[O-])([N+](=O)[O-])[N+](=O)[O-])[N+](=O)[O-])OCC([N+](=O)[O-])([N+](=O)[O-])[N+](=O)[O-]. The molecule has 0 fully saturated rings. The first kappa shape index (κ1) is 25.9. The fraction of sp³-hybridized carbons (Fsp3) is 0.833. The number of nitrogens with zero attached hydrogens (tertiary/aromatic N) is 8. The molecular weight excluding hydrogens is 454 g/mol. The van der Waals surface area contributed by atoms with Crippen LogP contribution in [0.15, 0.2) is 0 Å². The van der Waals surface area contributed by atoms with Crippen LogP contribution in [0.4, 0.5) is 4.79 Å². The maximum atomic E-state index is 11.4. The van der Waals surface area contributed by atoms with E-state index in [1.807, 2.05) is 0 Å². The van der Waals surface area contributed by atoms with E-state index in [4.69, 9.17) is 0 Å². The molecule has 0 aromatic heterocycles. The molecule has 0 aromatic rings. The van der Waals surface area contributed by atoms with E-state index in [1.54, 1.807) is 0 Å². The van der Waals surface area contributed by atoms with Crippen molar-refractivity contribution in [2.24, 2.45) is 0 Å². The molecule has 172 valence electrons. The molecule has 0 aromatic carbocycles. The molecule has 0 aliphatic carbocycles. The third-order valence-electron chi connectivity index (χ3n) is 3.18. The van der Waals surface area contributed by atoms with Crippen molar-refractivity contribution < 1.29 is 44.1 Å². The van der Waals surface area contributed by atoms with Crippen molar-refractivity contribution >= 4 is 6.09 Å². The number of hydrazine groups is 1. The average molecular weight is 461 g/mol. The fourth-order valence-corrected chi connectivity index (χ4v) is 1.52. The zero-order chi connectivity index (χ0) is 24.7. The van der Waals surface area contributed by atoms with Crippen LogP contribution in [0, 0.1) is 70.8 Å². The topological polar surface area (TPSA) is 344 Å². The quantitative estimate of drug-likeness (QED) is 0.163. The smallest absolute Gasteiger partial charge is 0.424 e. The zero-order valence-electron chi connectivity index (χ0n) is 14.2. The second kappa shape index (κ2) is 9.38. The van der Waals surface area contributed by atoms with Gasteiger partial charge in [0.2, 0.25) is 0 Å². The van der Waals surface area contributed by atoms with Crippen molar-refractivity contribution in [2.75, 3.05) is 19.8 Å². The Balaban J connectivity index is 5.47. The molecule has 0 radical (unpaired) electrons. The van der Waals surface area contributed by atoms with Gasteiger partial charge in [-0.25, -0.2) is 14.9 Å². The number of nitro groups is 7. The van der Waals surface area contributed by atoms with Crippen molar-refractivity contribution in [3.05, 3.63) is 70.8 Å². The van der Waals surface area contributed by atoms with Crippen LogP contribution >= 0.6 is 0 Å². The van der Waals surface area contributed by atoms with Gasteiger partial charge in [0.1, 0.15) is 0 Å². The Bertz CT molecular complexity index is 765. The predicted molar refractivity (Wildman–Crippen MR) is 80.5 cm³/mol. The Morgan fingerprint density at radius 2 is 1.06 bits per heavy atom. The summed E-state index contributed by atoms with van der Waals surface area (Å²) in [4.78, 5) is 74.2. The molecule has 0 atom stereocenters. The second-order valence-electron chi connectivity index (χ2n) is 4.90. The molecule has 0 rings (SSSR count). The number of hydrogen-bond acceptors (Lipinski definition) is 16. The summed E-state index contributed by atoms with van der Waals surface area (Å²) in [5.74, 6) is -8.60. The molecule has 0 bridgehead atoms. The number of hydrogen-bond donors (Lipinski definition) is 1. The Morgan fingerprint density at radius 1 is 0.710 bits per heavy atom. The lowest BCUT2D eigenvalue weighted by Gasteiger charge is -2.16. The van der Waals surface area contributed by atoms with Gasteiger partial charge in [-0.15, -0.1) is 0 Å².